The highest BCUT2D eigenvalue weighted by atomic mass is 32.2. The Hall–Kier alpha value is -0.840. The van der Waals surface area contributed by atoms with E-state index < -0.39 is 0 Å². The van der Waals surface area contributed by atoms with Crippen molar-refractivity contribution >= 4 is 28.6 Å². The zero-order valence-corrected chi connectivity index (χ0v) is 11.0. The standard InChI is InChI=1S/C12H19NO3S/c1-2-3-4-5-9(14)8-11(15)13-10-6-7-17-12(10)16/h10H,2-8H2,1H3,(H,13,15)/t10-/m0/s1. The number of hydrogen-bond donors (Lipinski definition) is 1. The van der Waals surface area contributed by atoms with Crippen LogP contribution in [0, 0.1) is 0 Å². The Morgan fingerprint density at radius 3 is 2.76 bits per heavy atom. The molecule has 0 radical (unpaired) electrons. The average Bonchev–Trinajstić information content (AvgIpc) is 2.64. The molecule has 1 fully saturated rings. The van der Waals surface area contributed by atoms with Crippen molar-refractivity contribution in [1.82, 2.24) is 5.32 Å². The molecule has 0 aromatic rings. The van der Waals surface area contributed by atoms with Gasteiger partial charge in [-0.1, -0.05) is 31.5 Å². The molecule has 0 spiro atoms. The van der Waals surface area contributed by atoms with Crippen LogP contribution in [0.1, 0.15) is 45.4 Å². The van der Waals surface area contributed by atoms with E-state index in [9.17, 15) is 14.4 Å². The van der Waals surface area contributed by atoms with Crippen molar-refractivity contribution in [1.29, 1.82) is 0 Å². The minimum Gasteiger partial charge on any atom is -0.345 e. The number of carbonyl (C=O) groups is 3. The van der Waals surface area contributed by atoms with Gasteiger partial charge in [-0.25, -0.2) is 0 Å². The number of Topliss-reactive ketones (excluding diaryl/α,β-unsaturated/α-hetero) is 1. The van der Waals surface area contributed by atoms with Gasteiger partial charge < -0.3 is 5.32 Å². The molecule has 1 aliphatic rings. The van der Waals surface area contributed by atoms with Crippen LogP contribution in [0.2, 0.25) is 0 Å². The van der Waals surface area contributed by atoms with Gasteiger partial charge in [0.1, 0.15) is 5.78 Å². The first-order valence-corrected chi connectivity index (χ1v) is 7.09. The van der Waals surface area contributed by atoms with Crippen LogP contribution < -0.4 is 5.32 Å². The molecule has 4 nitrogen and oxygen atoms in total. The molecule has 0 aliphatic carbocycles. The molecule has 1 aliphatic heterocycles. The molecule has 0 saturated carbocycles. The van der Waals surface area contributed by atoms with Crippen molar-refractivity contribution in [3.05, 3.63) is 0 Å². The lowest BCUT2D eigenvalue weighted by Crippen LogP contribution is -2.38. The van der Waals surface area contributed by atoms with Gasteiger partial charge in [0.15, 0.2) is 0 Å². The zero-order valence-electron chi connectivity index (χ0n) is 10.2. The molecule has 96 valence electrons. The lowest BCUT2D eigenvalue weighted by molar-refractivity contribution is -0.130. The molecule has 1 atom stereocenters. The number of thioether (sulfide) groups is 1. The predicted molar refractivity (Wildman–Crippen MR) is 67.8 cm³/mol. The number of hydrogen-bond acceptors (Lipinski definition) is 4. The monoisotopic (exact) mass is 257 g/mol. The van der Waals surface area contributed by atoms with Gasteiger partial charge in [0.2, 0.25) is 11.0 Å². The number of carbonyl (C=O) groups excluding carboxylic acids is 3. The van der Waals surface area contributed by atoms with E-state index in [4.69, 9.17) is 0 Å². The van der Waals surface area contributed by atoms with E-state index in [1.807, 2.05) is 0 Å². The summed E-state index contributed by atoms with van der Waals surface area (Å²) in [6.07, 6.45) is 3.99. The predicted octanol–water partition coefficient (Wildman–Crippen LogP) is 1.67. The second-order valence-electron chi connectivity index (χ2n) is 4.25. The lowest BCUT2D eigenvalue weighted by atomic mass is 10.1. The largest absolute Gasteiger partial charge is 0.345 e. The summed E-state index contributed by atoms with van der Waals surface area (Å²) in [5.41, 5.74) is 0. The fourth-order valence-corrected chi connectivity index (χ4v) is 2.64. The van der Waals surface area contributed by atoms with Gasteiger partial charge in [0, 0.05) is 12.2 Å². The van der Waals surface area contributed by atoms with Crippen LogP contribution in [0.3, 0.4) is 0 Å². The molecule has 1 saturated heterocycles. The molecule has 1 heterocycles. The van der Waals surface area contributed by atoms with Crippen LogP contribution in [-0.2, 0) is 14.4 Å². The fraction of sp³-hybridized carbons (Fsp3) is 0.750. The van der Waals surface area contributed by atoms with E-state index in [0.717, 1.165) is 25.0 Å². The van der Waals surface area contributed by atoms with E-state index in [1.165, 1.54) is 11.8 Å². The van der Waals surface area contributed by atoms with Crippen LogP contribution in [0.15, 0.2) is 0 Å². The Morgan fingerprint density at radius 2 is 2.18 bits per heavy atom. The number of rotatable bonds is 7. The normalized spacial score (nSPS) is 19.4. The van der Waals surface area contributed by atoms with E-state index in [2.05, 4.69) is 12.2 Å². The molecule has 1 N–H and O–H groups in total. The van der Waals surface area contributed by atoms with E-state index in [0.29, 0.717) is 12.8 Å². The molecule has 1 rings (SSSR count). The maximum Gasteiger partial charge on any atom is 0.228 e. The molecule has 0 aromatic heterocycles. The highest BCUT2D eigenvalue weighted by Crippen LogP contribution is 2.19. The van der Waals surface area contributed by atoms with Crippen molar-refractivity contribution in [2.24, 2.45) is 0 Å². The van der Waals surface area contributed by atoms with Crippen LogP contribution in [0.4, 0.5) is 0 Å². The second-order valence-corrected chi connectivity index (χ2v) is 5.35. The fourth-order valence-electron chi connectivity index (χ4n) is 1.71. The summed E-state index contributed by atoms with van der Waals surface area (Å²) in [6.45, 7) is 2.07. The maximum absolute atomic E-state index is 11.5. The molecular weight excluding hydrogens is 238 g/mol. The van der Waals surface area contributed by atoms with Crippen molar-refractivity contribution < 1.29 is 14.4 Å². The second kappa shape index (κ2) is 7.48. The molecule has 0 unspecified atom stereocenters. The van der Waals surface area contributed by atoms with Gasteiger partial charge in [0.05, 0.1) is 12.5 Å². The third-order valence-corrected chi connectivity index (χ3v) is 3.70. The Balaban J connectivity index is 2.20. The SMILES string of the molecule is CCCCCC(=O)CC(=O)N[C@H]1CCSC1=O. The van der Waals surface area contributed by atoms with Gasteiger partial charge in [-0.15, -0.1) is 0 Å². The molecule has 5 heteroatoms. The number of unbranched alkanes of at least 4 members (excludes halogenated alkanes) is 2. The molecule has 1 amide bonds. The zero-order chi connectivity index (χ0) is 12.7. The van der Waals surface area contributed by atoms with Gasteiger partial charge in [0.25, 0.3) is 0 Å². The lowest BCUT2D eigenvalue weighted by Gasteiger charge is -2.09. The third kappa shape index (κ3) is 5.35. The number of amides is 1. The smallest absolute Gasteiger partial charge is 0.228 e. The summed E-state index contributed by atoms with van der Waals surface area (Å²) >= 11 is 1.24. The summed E-state index contributed by atoms with van der Waals surface area (Å²) in [7, 11) is 0. The topological polar surface area (TPSA) is 63.2 Å². The average molecular weight is 257 g/mol. The van der Waals surface area contributed by atoms with Crippen LogP contribution in [0.25, 0.3) is 0 Å². The molecular formula is C12H19NO3S. The quantitative estimate of drug-likeness (QED) is 0.556. The van der Waals surface area contributed by atoms with Crippen molar-refractivity contribution in [2.45, 2.75) is 51.5 Å². The van der Waals surface area contributed by atoms with Gasteiger partial charge in [-0.2, -0.15) is 0 Å². The molecule has 0 aromatic carbocycles. The summed E-state index contributed by atoms with van der Waals surface area (Å²) in [5, 5.41) is 2.63. The number of ketones is 1. The Kier molecular flexibility index (Phi) is 6.26. The third-order valence-electron chi connectivity index (χ3n) is 2.69. The summed E-state index contributed by atoms with van der Waals surface area (Å²) < 4.78 is 0. The first-order valence-electron chi connectivity index (χ1n) is 6.11. The Morgan fingerprint density at radius 1 is 1.41 bits per heavy atom. The first-order chi connectivity index (χ1) is 8.13. The molecule has 0 bridgehead atoms. The maximum atomic E-state index is 11.5. The van der Waals surface area contributed by atoms with Crippen LogP contribution in [0.5, 0.6) is 0 Å². The van der Waals surface area contributed by atoms with Gasteiger partial charge in [-0.05, 0) is 12.8 Å². The minimum absolute atomic E-state index is 0.0109. The number of nitrogens with one attached hydrogen (secondary N) is 1. The summed E-state index contributed by atoms with van der Waals surface area (Å²) in [6, 6.07) is -0.379. The van der Waals surface area contributed by atoms with Gasteiger partial charge >= 0.3 is 0 Å². The van der Waals surface area contributed by atoms with E-state index in [1.54, 1.807) is 0 Å². The van der Waals surface area contributed by atoms with Gasteiger partial charge in [-0.3, -0.25) is 14.4 Å². The van der Waals surface area contributed by atoms with Crippen LogP contribution in [-0.4, -0.2) is 28.6 Å². The molecule has 17 heavy (non-hydrogen) atoms. The Bertz CT molecular complexity index is 304. The van der Waals surface area contributed by atoms with Crippen molar-refractivity contribution in [2.75, 3.05) is 5.75 Å². The summed E-state index contributed by atoms with van der Waals surface area (Å²) in [4.78, 5) is 34.2. The first kappa shape index (κ1) is 14.2. The van der Waals surface area contributed by atoms with E-state index in [-0.39, 0.29) is 29.3 Å². The van der Waals surface area contributed by atoms with E-state index >= 15 is 0 Å². The Labute approximate surface area is 106 Å². The summed E-state index contributed by atoms with van der Waals surface area (Å²) in [5.74, 6) is 0.412. The minimum atomic E-state index is -0.379. The highest BCUT2D eigenvalue weighted by Gasteiger charge is 2.27. The van der Waals surface area contributed by atoms with Crippen molar-refractivity contribution in [3.63, 3.8) is 0 Å². The van der Waals surface area contributed by atoms with Crippen LogP contribution >= 0.6 is 11.8 Å². The van der Waals surface area contributed by atoms with Crippen molar-refractivity contribution in [3.8, 4) is 0 Å². The highest BCUT2D eigenvalue weighted by molar-refractivity contribution is 8.14.